The van der Waals surface area contributed by atoms with Gasteiger partial charge < -0.3 is 0 Å². The quantitative estimate of drug-likeness (QED) is 0.407. The molecule has 0 saturated carbocycles. The molecule has 0 aliphatic rings. The topological polar surface area (TPSA) is 85.1 Å². The van der Waals surface area contributed by atoms with Crippen molar-refractivity contribution in [1.29, 1.82) is 0 Å². The molecule has 1 N–H and O–H groups in total. The Labute approximate surface area is 149 Å². The van der Waals surface area contributed by atoms with Gasteiger partial charge >= 0.3 is 0 Å². The minimum absolute atomic E-state index is 0.0527. The van der Waals surface area contributed by atoms with Crippen LogP contribution < -0.4 is 5.32 Å². The Morgan fingerprint density at radius 1 is 1.36 bits per heavy atom. The smallest absolute Gasteiger partial charge is 0.270 e. The van der Waals surface area contributed by atoms with Crippen LogP contribution in [0.4, 0.5) is 15.2 Å². The van der Waals surface area contributed by atoms with E-state index in [-0.39, 0.29) is 21.4 Å². The van der Waals surface area contributed by atoms with Crippen molar-refractivity contribution < 1.29 is 14.1 Å². The number of aromatic nitrogens is 1. The molecular formula is C16H9ClFN3O3S. The number of thiazole rings is 1. The van der Waals surface area contributed by atoms with E-state index in [0.29, 0.717) is 10.2 Å². The average molecular weight is 378 g/mol. The number of nitrogens with one attached hydrogen (secondary N) is 1. The van der Waals surface area contributed by atoms with E-state index < -0.39 is 16.6 Å². The second-order valence-electron chi connectivity index (χ2n) is 4.89. The molecule has 3 rings (SSSR count). The minimum Gasteiger partial charge on any atom is -0.298 e. The van der Waals surface area contributed by atoms with E-state index in [1.54, 1.807) is 0 Å². The van der Waals surface area contributed by atoms with Crippen molar-refractivity contribution in [3.05, 3.63) is 69.0 Å². The molecule has 0 spiro atoms. The summed E-state index contributed by atoms with van der Waals surface area (Å²) in [5.41, 5.74) is 0.592. The van der Waals surface area contributed by atoms with Gasteiger partial charge in [0.05, 0.1) is 20.2 Å². The van der Waals surface area contributed by atoms with Gasteiger partial charge in [-0.05, 0) is 24.3 Å². The normalized spacial score (nSPS) is 11.1. The highest BCUT2D eigenvalue weighted by atomic mass is 35.5. The summed E-state index contributed by atoms with van der Waals surface area (Å²) in [6.07, 6.45) is 2.41. The summed E-state index contributed by atoms with van der Waals surface area (Å²) >= 11 is 6.98. The van der Waals surface area contributed by atoms with Crippen molar-refractivity contribution in [3.63, 3.8) is 0 Å². The molecule has 0 radical (unpaired) electrons. The number of nitrogens with zero attached hydrogens (tertiary/aromatic N) is 2. The number of amides is 1. The first-order valence-corrected chi connectivity index (χ1v) is 8.11. The summed E-state index contributed by atoms with van der Waals surface area (Å²) in [5.74, 6) is -1.06. The van der Waals surface area contributed by atoms with E-state index >= 15 is 0 Å². The SMILES string of the molecule is O=C(C=Cc1c(F)cccc1Cl)Nc1nc2ccc([N+](=O)[O-])cc2s1. The maximum atomic E-state index is 13.6. The lowest BCUT2D eigenvalue weighted by Gasteiger charge is -1.99. The molecule has 0 aliphatic heterocycles. The molecule has 2 aromatic carbocycles. The van der Waals surface area contributed by atoms with Gasteiger partial charge in [-0.15, -0.1) is 0 Å². The number of halogens is 2. The Morgan fingerprint density at radius 2 is 2.16 bits per heavy atom. The van der Waals surface area contributed by atoms with Gasteiger partial charge in [0, 0.05) is 23.8 Å². The molecule has 9 heteroatoms. The van der Waals surface area contributed by atoms with Crippen LogP contribution in [-0.4, -0.2) is 15.8 Å². The number of anilines is 1. The second kappa shape index (κ2) is 6.96. The van der Waals surface area contributed by atoms with Crippen LogP contribution in [0.5, 0.6) is 0 Å². The number of nitro benzene ring substituents is 1. The zero-order chi connectivity index (χ0) is 18.0. The van der Waals surface area contributed by atoms with Crippen LogP contribution in [0.15, 0.2) is 42.5 Å². The minimum atomic E-state index is -0.538. The van der Waals surface area contributed by atoms with Gasteiger partial charge in [0.25, 0.3) is 5.69 Å². The Hall–Kier alpha value is -2.84. The lowest BCUT2D eigenvalue weighted by atomic mass is 10.2. The van der Waals surface area contributed by atoms with Crippen molar-refractivity contribution in [3.8, 4) is 0 Å². The van der Waals surface area contributed by atoms with Crippen LogP contribution in [0, 0.1) is 15.9 Å². The summed E-state index contributed by atoms with van der Waals surface area (Å²) in [7, 11) is 0. The van der Waals surface area contributed by atoms with Crippen molar-refractivity contribution in [2.45, 2.75) is 0 Å². The highest BCUT2D eigenvalue weighted by molar-refractivity contribution is 7.22. The molecule has 1 aromatic heterocycles. The molecule has 0 bridgehead atoms. The van der Waals surface area contributed by atoms with Crippen LogP contribution in [0.25, 0.3) is 16.3 Å². The predicted molar refractivity (Wildman–Crippen MR) is 95.3 cm³/mol. The number of carbonyl (C=O) groups is 1. The van der Waals surface area contributed by atoms with E-state index in [1.165, 1.54) is 42.5 Å². The van der Waals surface area contributed by atoms with Gasteiger partial charge in [-0.25, -0.2) is 9.37 Å². The third-order valence-electron chi connectivity index (χ3n) is 3.21. The fourth-order valence-corrected chi connectivity index (χ4v) is 3.18. The molecule has 3 aromatic rings. The first-order valence-electron chi connectivity index (χ1n) is 6.92. The molecule has 0 aliphatic carbocycles. The molecule has 25 heavy (non-hydrogen) atoms. The van der Waals surface area contributed by atoms with Crippen molar-refractivity contribution in [2.75, 3.05) is 5.32 Å². The maximum Gasteiger partial charge on any atom is 0.270 e. The Balaban J connectivity index is 1.78. The number of non-ortho nitro benzene ring substituents is 1. The third kappa shape index (κ3) is 3.81. The standard InChI is InChI=1S/C16H9ClFN3O3S/c17-11-2-1-3-12(18)10(11)5-7-15(22)20-16-19-13-6-4-9(21(23)24)8-14(13)25-16/h1-8H,(H,19,20,22). The van der Waals surface area contributed by atoms with Gasteiger partial charge in [-0.2, -0.15) is 0 Å². The van der Waals surface area contributed by atoms with Gasteiger partial charge in [0.1, 0.15) is 5.82 Å². The van der Waals surface area contributed by atoms with E-state index in [0.717, 1.165) is 17.4 Å². The predicted octanol–water partition coefficient (Wildman–Crippen LogP) is 4.65. The highest BCUT2D eigenvalue weighted by Crippen LogP contribution is 2.29. The molecular weight excluding hydrogens is 369 g/mol. The molecule has 0 atom stereocenters. The van der Waals surface area contributed by atoms with E-state index in [1.807, 2.05) is 0 Å². The summed E-state index contributed by atoms with van der Waals surface area (Å²) in [5, 5.41) is 13.8. The van der Waals surface area contributed by atoms with Gasteiger partial charge in [-0.3, -0.25) is 20.2 Å². The number of hydrogen-bond acceptors (Lipinski definition) is 5. The molecule has 0 unspecified atom stereocenters. The number of carbonyl (C=O) groups excluding carboxylic acids is 1. The first kappa shape index (κ1) is 17.0. The molecule has 1 heterocycles. The van der Waals surface area contributed by atoms with E-state index in [4.69, 9.17) is 11.6 Å². The van der Waals surface area contributed by atoms with E-state index in [2.05, 4.69) is 10.3 Å². The molecule has 0 fully saturated rings. The number of fused-ring (bicyclic) bond motifs is 1. The van der Waals surface area contributed by atoms with Crippen LogP contribution in [0.1, 0.15) is 5.56 Å². The lowest BCUT2D eigenvalue weighted by molar-refractivity contribution is -0.384. The summed E-state index contributed by atoms with van der Waals surface area (Å²) in [6.45, 7) is 0. The zero-order valence-electron chi connectivity index (χ0n) is 12.4. The fraction of sp³-hybridized carbons (Fsp3) is 0. The largest absolute Gasteiger partial charge is 0.298 e. The third-order valence-corrected chi connectivity index (χ3v) is 4.48. The molecule has 126 valence electrons. The van der Waals surface area contributed by atoms with Crippen LogP contribution >= 0.6 is 22.9 Å². The summed E-state index contributed by atoms with van der Waals surface area (Å²) in [6, 6.07) is 8.46. The summed E-state index contributed by atoms with van der Waals surface area (Å²) in [4.78, 5) is 26.4. The van der Waals surface area contributed by atoms with E-state index in [9.17, 15) is 19.3 Å². The zero-order valence-corrected chi connectivity index (χ0v) is 14.0. The first-order chi connectivity index (χ1) is 11.9. The van der Waals surface area contributed by atoms with Gasteiger partial charge in [0.15, 0.2) is 5.13 Å². The lowest BCUT2D eigenvalue weighted by Crippen LogP contribution is -2.07. The monoisotopic (exact) mass is 377 g/mol. The van der Waals surface area contributed by atoms with Crippen molar-refractivity contribution in [1.82, 2.24) is 4.98 Å². The Morgan fingerprint density at radius 3 is 2.88 bits per heavy atom. The van der Waals surface area contributed by atoms with Crippen molar-refractivity contribution >= 4 is 56.0 Å². The average Bonchev–Trinajstić information content (AvgIpc) is 2.95. The number of benzene rings is 2. The number of nitro groups is 1. The maximum absolute atomic E-state index is 13.6. The Bertz CT molecular complexity index is 999. The fourth-order valence-electron chi connectivity index (χ4n) is 2.06. The van der Waals surface area contributed by atoms with Crippen molar-refractivity contribution in [2.24, 2.45) is 0 Å². The molecule has 0 saturated heterocycles. The Kier molecular flexibility index (Phi) is 4.73. The molecule has 6 nitrogen and oxygen atoms in total. The second-order valence-corrected chi connectivity index (χ2v) is 6.32. The summed E-state index contributed by atoms with van der Waals surface area (Å²) < 4.78 is 14.2. The highest BCUT2D eigenvalue weighted by Gasteiger charge is 2.11. The van der Waals surface area contributed by atoms with Gasteiger partial charge in [0.2, 0.25) is 5.91 Å². The number of hydrogen-bond donors (Lipinski definition) is 1. The van der Waals surface area contributed by atoms with Gasteiger partial charge in [-0.1, -0.05) is 29.0 Å². The molecule has 1 amide bonds. The van der Waals surface area contributed by atoms with Crippen LogP contribution in [0.3, 0.4) is 0 Å². The van der Waals surface area contributed by atoms with Crippen LogP contribution in [0.2, 0.25) is 5.02 Å². The van der Waals surface area contributed by atoms with Crippen LogP contribution in [-0.2, 0) is 4.79 Å². The number of rotatable bonds is 4.